The summed E-state index contributed by atoms with van der Waals surface area (Å²) in [6.45, 7) is 8.17. The summed E-state index contributed by atoms with van der Waals surface area (Å²) in [7, 11) is 0. The van der Waals surface area contributed by atoms with E-state index in [9.17, 15) is 0 Å². The van der Waals surface area contributed by atoms with E-state index in [1.165, 1.54) is 5.56 Å². The molecule has 0 amide bonds. The van der Waals surface area contributed by atoms with Gasteiger partial charge in [0.1, 0.15) is 5.76 Å². The maximum absolute atomic E-state index is 5.40. The van der Waals surface area contributed by atoms with Crippen LogP contribution in [-0.2, 0) is 0 Å². The standard InChI is InChI=1S/C26H24N4O/c1-16-8-10-20(11-9-16)22-15-30(18(3)23-7-5-6-12-27-23)24-13-21(14-28-26(22)24)25-17(2)29-31-19(25)4/h5-15,18H,1-4H3/t18-/m0/s1. The summed E-state index contributed by atoms with van der Waals surface area (Å²) < 4.78 is 7.67. The number of nitrogens with zero attached hydrogens (tertiary/aromatic N) is 4. The monoisotopic (exact) mass is 408 g/mol. The van der Waals surface area contributed by atoms with Gasteiger partial charge in [0.15, 0.2) is 0 Å². The van der Waals surface area contributed by atoms with E-state index in [2.05, 4.69) is 71.2 Å². The first-order chi connectivity index (χ1) is 15.0. The molecule has 0 saturated heterocycles. The third kappa shape index (κ3) is 3.32. The van der Waals surface area contributed by atoms with Gasteiger partial charge in [-0.3, -0.25) is 9.97 Å². The van der Waals surface area contributed by atoms with Crippen LogP contribution in [0.5, 0.6) is 0 Å². The quantitative estimate of drug-likeness (QED) is 0.351. The number of fused-ring (bicyclic) bond motifs is 1. The highest BCUT2D eigenvalue weighted by Crippen LogP contribution is 2.36. The lowest BCUT2D eigenvalue weighted by molar-refractivity contribution is 0.393. The zero-order valence-corrected chi connectivity index (χ0v) is 18.1. The van der Waals surface area contributed by atoms with Crippen molar-refractivity contribution in [3.05, 3.63) is 89.8 Å². The van der Waals surface area contributed by atoms with Crippen molar-refractivity contribution in [2.45, 2.75) is 33.7 Å². The Hall–Kier alpha value is -3.73. The van der Waals surface area contributed by atoms with Gasteiger partial charge in [-0.2, -0.15) is 0 Å². The van der Waals surface area contributed by atoms with Gasteiger partial charge in [0.25, 0.3) is 0 Å². The molecule has 31 heavy (non-hydrogen) atoms. The van der Waals surface area contributed by atoms with Crippen LogP contribution in [0.15, 0.2) is 71.6 Å². The van der Waals surface area contributed by atoms with Gasteiger partial charge < -0.3 is 9.09 Å². The smallest absolute Gasteiger partial charge is 0.141 e. The molecule has 0 saturated carbocycles. The number of hydrogen-bond donors (Lipinski definition) is 0. The molecular formula is C26H24N4O. The molecular weight excluding hydrogens is 384 g/mol. The van der Waals surface area contributed by atoms with Gasteiger partial charge >= 0.3 is 0 Å². The summed E-state index contributed by atoms with van der Waals surface area (Å²) in [5.41, 5.74) is 9.43. The van der Waals surface area contributed by atoms with Crippen LogP contribution in [-0.4, -0.2) is 19.7 Å². The van der Waals surface area contributed by atoms with E-state index in [0.717, 1.165) is 50.4 Å². The molecule has 4 heterocycles. The average molecular weight is 409 g/mol. The third-order valence-electron chi connectivity index (χ3n) is 5.89. The molecule has 5 nitrogen and oxygen atoms in total. The molecule has 1 aromatic carbocycles. The minimum atomic E-state index is 0.0598. The molecule has 4 aromatic heterocycles. The van der Waals surface area contributed by atoms with Gasteiger partial charge in [-0.15, -0.1) is 0 Å². The molecule has 5 aromatic rings. The van der Waals surface area contributed by atoms with Crippen molar-refractivity contribution < 1.29 is 4.52 Å². The van der Waals surface area contributed by atoms with Crippen LogP contribution in [0.1, 0.15) is 35.7 Å². The van der Waals surface area contributed by atoms with Crippen molar-refractivity contribution in [2.75, 3.05) is 0 Å². The molecule has 0 unspecified atom stereocenters. The first-order valence-corrected chi connectivity index (χ1v) is 10.4. The van der Waals surface area contributed by atoms with Crippen LogP contribution in [0.4, 0.5) is 0 Å². The fraction of sp³-hybridized carbons (Fsp3) is 0.192. The van der Waals surface area contributed by atoms with Crippen molar-refractivity contribution >= 4 is 11.0 Å². The molecule has 0 spiro atoms. The minimum absolute atomic E-state index is 0.0598. The number of benzene rings is 1. The lowest BCUT2D eigenvalue weighted by Gasteiger charge is -2.15. The fourth-order valence-electron chi connectivity index (χ4n) is 4.19. The molecule has 0 aliphatic rings. The van der Waals surface area contributed by atoms with Crippen LogP contribution in [0.2, 0.25) is 0 Å². The topological polar surface area (TPSA) is 56.7 Å². The molecule has 0 fully saturated rings. The summed E-state index contributed by atoms with van der Waals surface area (Å²) in [5.74, 6) is 0.799. The van der Waals surface area contributed by atoms with Crippen LogP contribution in [0.25, 0.3) is 33.3 Å². The summed E-state index contributed by atoms with van der Waals surface area (Å²) in [5, 5.41) is 4.12. The van der Waals surface area contributed by atoms with Gasteiger partial charge in [-0.05, 0) is 51.5 Å². The van der Waals surface area contributed by atoms with Crippen LogP contribution in [0, 0.1) is 20.8 Å². The van der Waals surface area contributed by atoms with Gasteiger partial charge in [0.2, 0.25) is 0 Å². The maximum atomic E-state index is 5.40. The Balaban J connectivity index is 1.75. The SMILES string of the molecule is Cc1ccc(-c2cn([C@@H](C)c3ccccn3)c3cc(-c4c(C)noc4C)cnc23)cc1. The van der Waals surface area contributed by atoms with E-state index < -0.39 is 0 Å². The molecule has 0 aliphatic heterocycles. The van der Waals surface area contributed by atoms with Gasteiger partial charge in [0, 0.05) is 35.3 Å². The molecule has 0 bridgehead atoms. The Bertz CT molecular complexity index is 1340. The van der Waals surface area contributed by atoms with Crippen molar-refractivity contribution in [1.82, 2.24) is 19.7 Å². The van der Waals surface area contributed by atoms with E-state index in [4.69, 9.17) is 9.51 Å². The highest BCUT2D eigenvalue weighted by molar-refractivity contribution is 5.95. The maximum Gasteiger partial charge on any atom is 0.141 e. The molecule has 1 atom stereocenters. The number of hydrogen-bond acceptors (Lipinski definition) is 4. The average Bonchev–Trinajstić information content (AvgIpc) is 3.33. The fourth-order valence-corrected chi connectivity index (χ4v) is 4.19. The Labute approximate surface area is 181 Å². The Morgan fingerprint density at radius 3 is 2.42 bits per heavy atom. The summed E-state index contributed by atoms with van der Waals surface area (Å²) in [6, 6.07) is 16.9. The van der Waals surface area contributed by atoms with Crippen LogP contribution in [0.3, 0.4) is 0 Å². The molecule has 0 aliphatic carbocycles. The number of aromatic nitrogens is 4. The van der Waals surface area contributed by atoms with Crippen LogP contribution < -0.4 is 0 Å². The molecule has 5 heteroatoms. The first-order valence-electron chi connectivity index (χ1n) is 10.4. The molecule has 0 N–H and O–H groups in total. The highest BCUT2D eigenvalue weighted by Gasteiger charge is 2.20. The molecule has 0 radical (unpaired) electrons. The zero-order valence-electron chi connectivity index (χ0n) is 18.1. The normalized spacial score (nSPS) is 12.4. The molecule has 154 valence electrons. The summed E-state index contributed by atoms with van der Waals surface area (Å²) in [6.07, 6.45) is 5.95. The van der Waals surface area contributed by atoms with Gasteiger partial charge in [-0.1, -0.05) is 41.1 Å². The number of aryl methyl sites for hydroxylation is 3. The Morgan fingerprint density at radius 1 is 0.935 bits per heavy atom. The van der Waals surface area contributed by atoms with E-state index in [1.807, 2.05) is 38.4 Å². The summed E-state index contributed by atoms with van der Waals surface area (Å²) >= 11 is 0. The van der Waals surface area contributed by atoms with Gasteiger partial charge in [-0.25, -0.2) is 0 Å². The van der Waals surface area contributed by atoms with Crippen molar-refractivity contribution in [1.29, 1.82) is 0 Å². The number of pyridine rings is 2. The predicted molar refractivity (Wildman–Crippen MR) is 123 cm³/mol. The van der Waals surface area contributed by atoms with E-state index in [1.54, 1.807) is 0 Å². The van der Waals surface area contributed by atoms with E-state index in [0.29, 0.717) is 0 Å². The van der Waals surface area contributed by atoms with E-state index >= 15 is 0 Å². The van der Waals surface area contributed by atoms with Crippen LogP contribution >= 0.6 is 0 Å². The summed E-state index contributed by atoms with van der Waals surface area (Å²) in [4.78, 5) is 9.49. The Kier molecular flexibility index (Phi) is 4.66. The zero-order chi connectivity index (χ0) is 21.5. The largest absolute Gasteiger partial charge is 0.361 e. The minimum Gasteiger partial charge on any atom is -0.361 e. The molecule has 5 rings (SSSR count). The lowest BCUT2D eigenvalue weighted by atomic mass is 10.0. The highest BCUT2D eigenvalue weighted by atomic mass is 16.5. The van der Waals surface area contributed by atoms with E-state index in [-0.39, 0.29) is 6.04 Å². The van der Waals surface area contributed by atoms with Gasteiger partial charge in [0.05, 0.1) is 28.5 Å². The first kappa shape index (κ1) is 19.2. The van der Waals surface area contributed by atoms with Crippen molar-refractivity contribution in [2.24, 2.45) is 0 Å². The second-order valence-electron chi connectivity index (χ2n) is 8.04. The Morgan fingerprint density at radius 2 is 1.74 bits per heavy atom. The lowest BCUT2D eigenvalue weighted by Crippen LogP contribution is -2.07. The van der Waals surface area contributed by atoms with Crippen molar-refractivity contribution in [3.8, 4) is 22.3 Å². The third-order valence-corrected chi connectivity index (χ3v) is 5.89. The van der Waals surface area contributed by atoms with Crippen molar-refractivity contribution in [3.63, 3.8) is 0 Å². The number of rotatable bonds is 4. The second-order valence-corrected chi connectivity index (χ2v) is 8.04. The second kappa shape index (κ2) is 7.51. The predicted octanol–water partition coefficient (Wildman–Crippen LogP) is 6.29.